The summed E-state index contributed by atoms with van der Waals surface area (Å²) in [6.45, 7) is 0.919. The highest BCUT2D eigenvalue weighted by Crippen LogP contribution is 2.37. The van der Waals surface area contributed by atoms with Gasteiger partial charge in [0.2, 0.25) is 0 Å². The number of fused-ring (bicyclic) bond motifs is 1. The number of nitrogens with one attached hydrogen (secondary N) is 1. The van der Waals surface area contributed by atoms with E-state index in [0.717, 1.165) is 10.9 Å². The number of hydrogen-bond acceptors (Lipinski definition) is 6. The highest BCUT2D eigenvalue weighted by Gasteiger charge is 2.45. The first-order valence-electron chi connectivity index (χ1n) is 10.2. The summed E-state index contributed by atoms with van der Waals surface area (Å²) in [5.74, 6) is -1.97. The van der Waals surface area contributed by atoms with Gasteiger partial charge in [0.25, 0.3) is 5.92 Å². The average Bonchev–Trinajstić information content (AvgIpc) is 3.20. The molecule has 0 amide bonds. The molecule has 4 heterocycles. The fraction of sp³-hybridized carbons (Fsp3) is 0.217. The van der Waals surface area contributed by atoms with E-state index in [-0.39, 0.29) is 11.4 Å². The molecule has 3 aromatic heterocycles. The van der Waals surface area contributed by atoms with Gasteiger partial charge in [-0.1, -0.05) is 23.2 Å². The Morgan fingerprint density at radius 1 is 1.18 bits per heavy atom. The summed E-state index contributed by atoms with van der Waals surface area (Å²) < 4.78 is 32.6. The number of aromatic amines is 1. The molecule has 1 aliphatic rings. The molecule has 4 aromatic rings. The quantitative estimate of drug-likeness (QED) is 0.372. The van der Waals surface area contributed by atoms with Gasteiger partial charge in [-0.25, -0.2) is 13.8 Å². The lowest BCUT2D eigenvalue weighted by atomic mass is 10.1. The predicted molar refractivity (Wildman–Crippen MR) is 124 cm³/mol. The molecular formula is C23H16Cl2F2N6O. The summed E-state index contributed by atoms with van der Waals surface area (Å²) in [7, 11) is 0. The van der Waals surface area contributed by atoms with Gasteiger partial charge in [-0.2, -0.15) is 10.4 Å². The van der Waals surface area contributed by atoms with Crippen LogP contribution >= 0.6 is 23.2 Å². The van der Waals surface area contributed by atoms with Crippen molar-refractivity contribution in [1.82, 2.24) is 20.2 Å². The number of H-pyrrole nitrogens is 1. The van der Waals surface area contributed by atoms with Gasteiger partial charge >= 0.3 is 0 Å². The van der Waals surface area contributed by atoms with Crippen molar-refractivity contribution in [2.24, 2.45) is 0 Å². The average molecular weight is 501 g/mol. The summed E-state index contributed by atoms with van der Waals surface area (Å²) in [5.41, 5.74) is 2.70. The van der Waals surface area contributed by atoms with Crippen molar-refractivity contribution in [1.29, 1.82) is 5.26 Å². The molecule has 0 saturated carbocycles. The maximum Gasteiger partial charge on any atom is 0.282 e. The third-order valence-corrected chi connectivity index (χ3v) is 6.15. The van der Waals surface area contributed by atoms with Crippen LogP contribution in [0.25, 0.3) is 22.2 Å². The van der Waals surface area contributed by atoms with E-state index in [9.17, 15) is 14.0 Å². The number of pyridine rings is 2. The van der Waals surface area contributed by atoms with E-state index >= 15 is 0 Å². The van der Waals surface area contributed by atoms with Gasteiger partial charge in [0.05, 0.1) is 34.2 Å². The zero-order valence-corrected chi connectivity index (χ0v) is 19.2. The van der Waals surface area contributed by atoms with Crippen molar-refractivity contribution in [3.63, 3.8) is 0 Å². The summed E-state index contributed by atoms with van der Waals surface area (Å²) in [6, 6.07) is 9.06. The Labute approximate surface area is 202 Å². The maximum atomic E-state index is 13.3. The minimum Gasteiger partial charge on any atom is -0.486 e. The summed E-state index contributed by atoms with van der Waals surface area (Å²) >= 11 is 12.5. The van der Waals surface area contributed by atoms with Gasteiger partial charge in [-0.15, -0.1) is 0 Å². The fourth-order valence-corrected chi connectivity index (χ4v) is 4.61. The van der Waals surface area contributed by atoms with Crippen LogP contribution in [0.2, 0.25) is 10.0 Å². The minimum absolute atomic E-state index is 0.201. The molecule has 34 heavy (non-hydrogen) atoms. The third kappa shape index (κ3) is 4.00. The first-order valence-corrected chi connectivity index (χ1v) is 11.0. The molecule has 1 fully saturated rings. The molecule has 1 aromatic carbocycles. The van der Waals surface area contributed by atoms with E-state index in [1.54, 1.807) is 12.1 Å². The molecule has 11 heteroatoms. The minimum atomic E-state index is -2.76. The lowest BCUT2D eigenvalue weighted by molar-refractivity contribution is -0.0267. The lowest BCUT2D eigenvalue weighted by Gasteiger charge is -2.39. The Morgan fingerprint density at radius 3 is 2.59 bits per heavy atom. The first-order chi connectivity index (χ1) is 16.3. The van der Waals surface area contributed by atoms with Crippen LogP contribution in [0.5, 0.6) is 5.75 Å². The second-order valence-electron chi connectivity index (χ2n) is 7.98. The van der Waals surface area contributed by atoms with E-state index in [0.29, 0.717) is 32.6 Å². The number of nitriles is 1. The van der Waals surface area contributed by atoms with Crippen molar-refractivity contribution in [3.8, 4) is 23.1 Å². The van der Waals surface area contributed by atoms with E-state index in [2.05, 4.69) is 20.2 Å². The Kier molecular flexibility index (Phi) is 5.50. The highest BCUT2D eigenvalue weighted by atomic mass is 35.5. The Bertz CT molecular complexity index is 1420. The van der Waals surface area contributed by atoms with E-state index in [1.165, 1.54) is 23.5 Å². The molecule has 5 rings (SSSR count). The predicted octanol–water partition coefficient (Wildman–Crippen LogP) is 5.79. The van der Waals surface area contributed by atoms with Crippen LogP contribution in [0.3, 0.4) is 0 Å². The van der Waals surface area contributed by atoms with Crippen LogP contribution in [-0.4, -0.2) is 39.2 Å². The van der Waals surface area contributed by atoms with Gasteiger partial charge in [0, 0.05) is 35.1 Å². The maximum absolute atomic E-state index is 13.3. The van der Waals surface area contributed by atoms with Gasteiger partial charge in [0.15, 0.2) is 0 Å². The number of anilines is 1. The molecule has 1 unspecified atom stereocenters. The molecule has 0 radical (unpaired) electrons. The van der Waals surface area contributed by atoms with Crippen molar-refractivity contribution in [3.05, 3.63) is 64.0 Å². The second kappa shape index (κ2) is 8.38. The van der Waals surface area contributed by atoms with Gasteiger partial charge in [-0.05, 0) is 31.2 Å². The SMILES string of the molecule is CC(Oc1ccc2[nH]nc(-c3cnc(N4CC(F)(F)C4)c(C#N)c3)c2c1)c1c(Cl)cncc1Cl. The Hall–Kier alpha value is -3.48. The van der Waals surface area contributed by atoms with Crippen molar-refractivity contribution in [2.75, 3.05) is 18.0 Å². The monoisotopic (exact) mass is 500 g/mol. The number of hydrogen-bond donors (Lipinski definition) is 1. The lowest BCUT2D eigenvalue weighted by Crippen LogP contribution is -2.56. The van der Waals surface area contributed by atoms with Crippen LogP contribution in [0.1, 0.15) is 24.2 Å². The molecule has 1 aliphatic heterocycles. The number of ether oxygens (including phenoxy) is 1. The Balaban J connectivity index is 1.46. The zero-order valence-electron chi connectivity index (χ0n) is 17.7. The van der Waals surface area contributed by atoms with E-state index < -0.39 is 25.1 Å². The standard InChI is InChI=1S/C23H16Cl2F2N6O/c1-12(20-17(24)8-29-9-18(20)25)34-15-2-3-19-16(5-15)21(32-31-19)14-4-13(6-28)22(30-7-14)33-10-23(26,27)11-33/h2-5,7-9,12H,10-11H2,1H3,(H,31,32). The molecule has 1 atom stereocenters. The Morgan fingerprint density at radius 2 is 1.91 bits per heavy atom. The number of benzene rings is 1. The van der Waals surface area contributed by atoms with Gasteiger partial charge in [-0.3, -0.25) is 10.1 Å². The number of alkyl halides is 2. The van der Waals surface area contributed by atoms with E-state index in [4.69, 9.17) is 27.9 Å². The molecule has 172 valence electrons. The molecule has 0 aliphatic carbocycles. The smallest absolute Gasteiger partial charge is 0.282 e. The van der Waals surface area contributed by atoms with E-state index in [1.807, 2.05) is 25.1 Å². The molecule has 1 saturated heterocycles. The van der Waals surface area contributed by atoms with Crippen LogP contribution in [-0.2, 0) is 0 Å². The van der Waals surface area contributed by atoms with Crippen molar-refractivity contribution < 1.29 is 13.5 Å². The van der Waals surface area contributed by atoms with Crippen LogP contribution < -0.4 is 9.64 Å². The summed E-state index contributed by atoms with van der Waals surface area (Å²) in [4.78, 5) is 9.62. The normalized spacial score (nSPS) is 15.6. The van der Waals surface area contributed by atoms with Crippen LogP contribution in [0.4, 0.5) is 14.6 Å². The van der Waals surface area contributed by atoms with Gasteiger partial charge < -0.3 is 9.64 Å². The number of aromatic nitrogens is 4. The van der Waals surface area contributed by atoms with Gasteiger partial charge in [0.1, 0.15) is 29.4 Å². The van der Waals surface area contributed by atoms with Crippen LogP contribution in [0.15, 0.2) is 42.9 Å². The topological polar surface area (TPSA) is 90.7 Å². The second-order valence-corrected chi connectivity index (χ2v) is 8.79. The molecule has 7 nitrogen and oxygen atoms in total. The molecule has 0 bridgehead atoms. The number of halogens is 4. The number of rotatable bonds is 5. The molecule has 0 spiro atoms. The van der Waals surface area contributed by atoms with Crippen molar-refractivity contribution in [2.45, 2.75) is 19.0 Å². The molecule has 1 N–H and O–H groups in total. The largest absolute Gasteiger partial charge is 0.486 e. The highest BCUT2D eigenvalue weighted by molar-refractivity contribution is 6.35. The van der Waals surface area contributed by atoms with Crippen molar-refractivity contribution >= 4 is 39.9 Å². The fourth-order valence-electron chi connectivity index (χ4n) is 3.94. The van der Waals surface area contributed by atoms with Crippen LogP contribution in [0, 0.1) is 11.3 Å². The summed E-state index contributed by atoms with van der Waals surface area (Å²) in [6.07, 6.45) is 4.08. The first kappa shape index (κ1) is 22.3. The number of nitrogens with zero attached hydrogens (tertiary/aromatic N) is 5. The molecular weight excluding hydrogens is 485 g/mol. The summed E-state index contributed by atoms with van der Waals surface area (Å²) in [5, 5.41) is 18.4. The third-order valence-electron chi connectivity index (χ3n) is 5.55. The zero-order chi connectivity index (χ0) is 24.0.